The first kappa shape index (κ1) is 24.0. The van der Waals surface area contributed by atoms with Crippen molar-refractivity contribution in [1.82, 2.24) is 9.78 Å². The summed E-state index contributed by atoms with van der Waals surface area (Å²) in [7, 11) is 1.84. The summed E-state index contributed by atoms with van der Waals surface area (Å²) in [6.45, 7) is 2.40. The highest BCUT2D eigenvalue weighted by atomic mass is 16.6. The molecule has 1 atom stereocenters. The molecule has 0 aliphatic heterocycles. The molecule has 0 bridgehead atoms. The van der Waals surface area contributed by atoms with E-state index < -0.39 is 11.7 Å². The first-order valence-electron chi connectivity index (χ1n) is 12.9. The minimum Gasteiger partial charge on any atom is -0.456 e. The molecule has 192 valence electrons. The molecule has 6 rings (SSSR count). The molecule has 1 heterocycles. The van der Waals surface area contributed by atoms with Crippen LogP contribution in [-0.2, 0) is 39.8 Å². The van der Waals surface area contributed by atoms with Crippen molar-refractivity contribution in [3.8, 4) is 22.3 Å². The highest BCUT2D eigenvalue weighted by molar-refractivity contribution is 5.92. The number of nitrogens with zero attached hydrogens (tertiary/aromatic N) is 2. The van der Waals surface area contributed by atoms with Gasteiger partial charge in [-0.25, -0.2) is 4.79 Å². The SMILES string of the molecule is CC(OC(=O)Nc1c2c(nn1C)CCc1cc(-c3ccc(C4(OC=O)CC4)cc3)ccc1-2)c1ccccc1. The van der Waals surface area contributed by atoms with Gasteiger partial charge in [0.2, 0.25) is 0 Å². The third-order valence-corrected chi connectivity index (χ3v) is 7.62. The third kappa shape index (κ3) is 4.34. The third-order valence-electron chi connectivity index (χ3n) is 7.62. The summed E-state index contributed by atoms with van der Waals surface area (Å²) in [6.07, 6.45) is 2.51. The van der Waals surface area contributed by atoms with Crippen LogP contribution in [0.2, 0.25) is 0 Å². The van der Waals surface area contributed by atoms with Crippen LogP contribution in [0.25, 0.3) is 22.3 Å². The second kappa shape index (κ2) is 9.49. The number of ether oxygens (including phenoxy) is 2. The first-order chi connectivity index (χ1) is 18.5. The van der Waals surface area contributed by atoms with Gasteiger partial charge in [-0.1, -0.05) is 72.8 Å². The highest BCUT2D eigenvalue weighted by Crippen LogP contribution is 2.49. The number of carbonyl (C=O) groups excluding carboxylic acids is 2. The van der Waals surface area contributed by atoms with Gasteiger partial charge in [0, 0.05) is 12.6 Å². The number of rotatable bonds is 7. The first-order valence-corrected chi connectivity index (χ1v) is 12.9. The van der Waals surface area contributed by atoms with Crippen LogP contribution in [-0.4, -0.2) is 22.3 Å². The van der Waals surface area contributed by atoms with Gasteiger partial charge in [0.25, 0.3) is 6.47 Å². The van der Waals surface area contributed by atoms with Gasteiger partial charge < -0.3 is 9.47 Å². The second-order valence-electron chi connectivity index (χ2n) is 10.0. The average molecular weight is 508 g/mol. The zero-order valence-corrected chi connectivity index (χ0v) is 21.4. The molecule has 0 radical (unpaired) electrons. The lowest BCUT2D eigenvalue weighted by Crippen LogP contribution is -2.18. The Morgan fingerprint density at radius 1 is 1.03 bits per heavy atom. The van der Waals surface area contributed by atoms with Crippen LogP contribution < -0.4 is 5.32 Å². The van der Waals surface area contributed by atoms with Crippen molar-refractivity contribution in [2.45, 2.75) is 44.3 Å². The predicted molar refractivity (Wildman–Crippen MR) is 145 cm³/mol. The van der Waals surface area contributed by atoms with Crippen molar-refractivity contribution >= 4 is 18.4 Å². The number of anilines is 1. The number of nitrogens with one attached hydrogen (secondary N) is 1. The predicted octanol–water partition coefficient (Wildman–Crippen LogP) is 6.32. The topological polar surface area (TPSA) is 82.4 Å². The normalized spacial score (nSPS) is 15.5. The lowest BCUT2D eigenvalue weighted by atomic mass is 9.87. The summed E-state index contributed by atoms with van der Waals surface area (Å²) in [5.41, 5.74) is 7.96. The van der Waals surface area contributed by atoms with Crippen LogP contribution in [0.1, 0.15) is 48.3 Å². The molecule has 3 aromatic carbocycles. The molecule has 7 heteroatoms. The van der Waals surface area contributed by atoms with Crippen molar-refractivity contribution in [3.05, 3.63) is 95.2 Å². The maximum Gasteiger partial charge on any atom is 0.413 e. The number of hydrogen-bond donors (Lipinski definition) is 1. The number of aryl methyl sites for hydroxylation is 3. The molecule has 1 fully saturated rings. The number of benzene rings is 3. The smallest absolute Gasteiger partial charge is 0.413 e. The van der Waals surface area contributed by atoms with Crippen molar-refractivity contribution in [2.24, 2.45) is 7.05 Å². The van der Waals surface area contributed by atoms with Crippen LogP contribution >= 0.6 is 0 Å². The van der Waals surface area contributed by atoms with Gasteiger partial charge in [-0.15, -0.1) is 0 Å². The largest absolute Gasteiger partial charge is 0.456 e. The van der Waals surface area contributed by atoms with Crippen LogP contribution in [0, 0.1) is 0 Å². The van der Waals surface area contributed by atoms with E-state index in [0.717, 1.165) is 64.8 Å². The van der Waals surface area contributed by atoms with E-state index in [-0.39, 0.29) is 6.10 Å². The Hall–Kier alpha value is -4.39. The Morgan fingerprint density at radius 3 is 2.47 bits per heavy atom. The molecule has 1 unspecified atom stereocenters. The molecular weight excluding hydrogens is 478 g/mol. The molecule has 1 N–H and O–H groups in total. The fourth-order valence-corrected chi connectivity index (χ4v) is 5.38. The summed E-state index contributed by atoms with van der Waals surface area (Å²) >= 11 is 0. The van der Waals surface area contributed by atoms with E-state index in [2.05, 4.69) is 52.9 Å². The summed E-state index contributed by atoms with van der Waals surface area (Å²) in [5, 5.41) is 7.63. The fourth-order valence-electron chi connectivity index (χ4n) is 5.38. The Labute approximate surface area is 221 Å². The quantitative estimate of drug-likeness (QED) is 0.296. The van der Waals surface area contributed by atoms with Gasteiger partial charge in [-0.2, -0.15) is 5.10 Å². The lowest BCUT2D eigenvalue weighted by Gasteiger charge is -2.19. The van der Waals surface area contributed by atoms with Gasteiger partial charge in [-0.05, 0) is 66.0 Å². The fraction of sp³-hybridized carbons (Fsp3) is 0.258. The number of fused-ring (bicyclic) bond motifs is 3. The molecule has 2 aliphatic rings. The molecule has 1 aromatic heterocycles. The summed E-state index contributed by atoms with van der Waals surface area (Å²) < 4.78 is 12.7. The summed E-state index contributed by atoms with van der Waals surface area (Å²) in [4.78, 5) is 23.7. The molecule has 0 spiro atoms. The maximum atomic E-state index is 12.8. The van der Waals surface area contributed by atoms with Gasteiger partial charge >= 0.3 is 6.09 Å². The molecule has 38 heavy (non-hydrogen) atoms. The van der Waals surface area contributed by atoms with E-state index in [4.69, 9.17) is 9.47 Å². The van der Waals surface area contributed by atoms with Crippen molar-refractivity contribution in [1.29, 1.82) is 0 Å². The number of hydrogen-bond acceptors (Lipinski definition) is 5. The van der Waals surface area contributed by atoms with E-state index in [0.29, 0.717) is 12.3 Å². The number of carbonyl (C=O) groups is 2. The zero-order valence-electron chi connectivity index (χ0n) is 21.4. The molecule has 2 aliphatic carbocycles. The van der Waals surface area contributed by atoms with Gasteiger partial charge in [-0.3, -0.25) is 14.8 Å². The van der Waals surface area contributed by atoms with Crippen molar-refractivity contribution in [3.63, 3.8) is 0 Å². The number of aromatic nitrogens is 2. The van der Waals surface area contributed by atoms with E-state index in [1.54, 1.807) is 4.68 Å². The Morgan fingerprint density at radius 2 is 1.76 bits per heavy atom. The molecule has 0 saturated heterocycles. The van der Waals surface area contributed by atoms with Crippen molar-refractivity contribution < 1.29 is 19.1 Å². The molecule has 1 amide bonds. The van der Waals surface area contributed by atoms with Crippen molar-refractivity contribution in [2.75, 3.05) is 5.32 Å². The summed E-state index contributed by atoms with van der Waals surface area (Å²) in [5.74, 6) is 0.633. The zero-order chi connectivity index (χ0) is 26.3. The van der Waals surface area contributed by atoms with Gasteiger partial charge in [0.05, 0.1) is 5.69 Å². The molecular formula is C31H29N3O4. The lowest BCUT2D eigenvalue weighted by molar-refractivity contribution is -0.136. The molecule has 1 saturated carbocycles. The summed E-state index contributed by atoms with van der Waals surface area (Å²) in [6, 6.07) is 24.4. The molecule has 7 nitrogen and oxygen atoms in total. The Kier molecular flexibility index (Phi) is 5.98. The van der Waals surface area contributed by atoms with Gasteiger partial charge in [0.15, 0.2) is 0 Å². The van der Waals surface area contributed by atoms with E-state index >= 15 is 0 Å². The maximum absolute atomic E-state index is 12.8. The number of amides is 1. The van der Waals surface area contributed by atoms with E-state index in [9.17, 15) is 9.59 Å². The minimum atomic E-state index is -0.511. The second-order valence-corrected chi connectivity index (χ2v) is 10.0. The molecule has 4 aromatic rings. The van der Waals surface area contributed by atoms with Crippen LogP contribution in [0.5, 0.6) is 0 Å². The minimum absolute atomic E-state index is 0.374. The highest BCUT2D eigenvalue weighted by Gasteiger charge is 2.46. The van der Waals surface area contributed by atoms with Crippen LogP contribution in [0.4, 0.5) is 10.6 Å². The van der Waals surface area contributed by atoms with E-state index in [1.165, 1.54) is 5.56 Å². The Balaban J connectivity index is 1.24. The van der Waals surface area contributed by atoms with Crippen LogP contribution in [0.15, 0.2) is 72.8 Å². The van der Waals surface area contributed by atoms with Gasteiger partial charge in [0.1, 0.15) is 17.5 Å². The van der Waals surface area contributed by atoms with Crippen LogP contribution in [0.3, 0.4) is 0 Å². The van der Waals surface area contributed by atoms with E-state index in [1.807, 2.05) is 44.3 Å². The average Bonchev–Trinajstić information content (AvgIpc) is 3.66. The Bertz CT molecular complexity index is 1500. The standard InChI is InChI=1S/C31H29N3O4/c1-20(21-6-4-3-5-7-21)38-30(36)32-29-28-26-14-10-23(18-24(26)11-15-27(28)33-34(29)2)22-8-12-25(13-9-22)31(16-17-31)37-19-35/h3-10,12-14,18-20H,11,15-17H2,1-2H3,(H,32,36). The monoisotopic (exact) mass is 507 g/mol.